The van der Waals surface area contributed by atoms with Crippen LogP contribution in [0.4, 0.5) is 4.39 Å². The van der Waals surface area contributed by atoms with Crippen molar-refractivity contribution in [1.82, 2.24) is 15.0 Å². The van der Waals surface area contributed by atoms with Crippen LogP contribution in [0.25, 0.3) is 11.0 Å². The van der Waals surface area contributed by atoms with Crippen molar-refractivity contribution in [2.75, 3.05) is 13.7 Å². The lowest BCUT2D eigenvalue weighted by Gasteiger charge is -2.62. The van der Waals surface area contributed by atoms with Crippen LogP contribution in [0.5, 0.6) is 0 Å². The Kier molecular flexibility index (Phi) is 5.84. The second-order valence-electron chi connectivity index (χ2n) is 13.0. The van der Waals surface area contributed by atoms with Crippen molar-refractivity contribution in [3.8, 4) is 0 Å². The van der Waals surface area contributed by atoms with Gasteiger partial charge in [-0.1, -0.05) is 13.0 Å². The molecule has 1 heterocycles. The summed E-state index contributed by atoms with van der Waals surface area (Å²) in [4.78, 5) is 15.0. The van der Waals surface area contributed by atoms with Crippen molar-refractivity contribution >= 4 is 16.8 Å². The fourth-order valence-corrected chi connectivity index (χ4v) is 9.58. The molecule has 1 aromatic carbocycles. The predicted molar refractivity (Wildman–Crippen MR) is 135 cm³/mol. The van der Waals surface area contributed by atoms with Gasteiger partial charge < -0.3 is 9.84 Å². The summed E-state index contributed by atoms with van der Waals surface area (Å²) in [6.07, 6.45) is 9.35. The van der Waals surface area contributed by atoms with Crippen molar-refractivity contribution in [2.45, 2.75) is 83.8 Å². The number of hydrogen-bond acceptors (Lipinski definition) is 5. The van der Waals surface area contributed by atoms with E-state index in [-0.39, 0.29) is 34.6 Å². The number of carbonyl (C=O) groups is 1. The molecule has 8 unspecified atom stereocenters. The third-order valence-corrected chi connectivity index (χ3v) is 11.2. The number of carbonyl (C=O) groups excluding carboxylic acids is 1. The van der Waals surface area contributed by atoms with Gasteiger partial charge in [0, 0.05) is 13.0 Å². The van der Waals surface area contributed by atoms with Crippen molar-refractivity contribution in [2.24, 2.45) is 40.4 Å². The van der Waals surface area contributed by atoms with E-state index >= 15 is 0 Å². The van der Waals surface area contributed by atoms with Gasteiger partial charge in [0.05, 0.1) is 12.2 Å². The van der Waals surface area contributed by atoms with E-state index in [0.717, 1.165) is 58.0 Å². The SMILES string of the molecule is COCC12CCC(C)(O)CC1CCC1C3CCC(C(=O)Cn4nc5cccc(F)c5n4)C3(C)CCC12. The van der Waals surface area contributed by atoms with Crippen molar-refractivity contribution in [3.05, 3.63) is 24.0 Å². The molecule has 0 amide bonds. The summed E-state index contributed by atoms with van der Waals surface area (Å²) >= 11 is 0. The number of rotatable bonds is 5. The number of methoxy groups -OCH3 is 1. The summed E-state index contributed by atoms with van der Waals surface area (Å²) in [7, 11) is 1.83. The van der Waals surface area contributed by atoms with Crippen LogP contribution in [-0.2, 0) is 16.1 Å². The Hall–Kier alpha value is -1.86. The molecule has 7 heteroatoms. The van der Waals surface area contributed by atoms with Crippen LogP contribution < -0.4 is 0 Å². The minimum Gasteiger partial charge on any atom is -0.390 e. The second kappa shape index (κ2) is 8.59. The first kappa shape index (κ1) is 24.5. The number of ether oxygens (including phenoxy) is 1. The fraction of sp³-hybridized carbons (Fsp3) is 0.759. The first-order chi connectivity index (χ1) is 17.2. The summed E-state index contributed by atoms with van der Waals surface area (Å²) < 4.78 is 20.0. The molecule has 0 aliphatic heterocycles. The van der Waals surface area contributed by atoms with Gasteiger partial charge in [0.2, 0.25) is 0 Å². The Morgan fingerprint density at radius 3 is 2.72 bits per heavy atom. The average molecular weight is 498 g/mol. The number of benzene rings is 1. The van der Waals surface area contributed by atoms with Gasteiger partial charge in [-0.3, -0.25) is 4.79 Å². The Balaban J connectivity index is 1.23. The molecule has 4 aliphatic carbocycles. The number of Topliss-reactive ketones (excluding diaryl/α,β-unsaturated/α-hetero) is 1. The molecule has 0 bridgehead atoms. The number of ketones is 1. The van der Waals surface area contributed by atoms with E-state index in [2.05, 4.69) is 17.1 Å². The molecular weight excluding hydrogens is 457 g/mol. The van der Waals surface area contributed by atoms with Crippen LogP contribution in [0, 0.1) is 46.2 Å². The molecule has 8 atom stereocenters. The van der Waals surface area contributed by atoms with Gasteiger partial charge in [-0.15, -0.1) is 5.10 Å². The molecule has 4 saturated carbocycles. The Bertz CT molecular complexity index is 1160. The molecule has 4 aliphatic rings. The van der Waals surface area contributed by atoms with E-state index in [1.807, 2.05) is 14.0 Å². The van der Waals surface area contributed by atoms with E-state index in [9.17, 15) is 14.3 Å². The normalized spacial score (nSPS) is 42.1. The van der Waals surface area contributed by atoms with Gasteiger partial charge in [0.25, 0.3) is 0 Å². The molecule has 36 heavy (non-hydrogen) atoms. The maximum atomic E-state index is 14.1. The average Bonchev–Trinajstić information content (AvgIpc) is 3.40. The number of fused-ring (bicyclic) bond motifs is 6. The highest BCUT2D eigenvalue weighted by Gasteiger charge is 2.63. The number of aliphatic hydroxyl groups is 1. The van der Waals surface area contributed by atoms with Gasteiger partial charge in [0.1, 0.15) is 17.6 Å². The van der Waals surface area contributed by atoms with Crippen LogP contribution in [0.1, 0.15) is 71.6 Å². The van der Waals surface area contributed by atoms with Gasteiger partial charge in [-0.25, -0.2) is 4.39 Å². The van der Waals surface area contributed by atoms with Crippen LogP contribution in [0.15, 0.2) is 18.2 Å². The van der Waals surface area contributed by atoms with Crippen LogP contribution >= 0.6 is 0 Å². The molecule has 196 valence electrons. The Morgan fingerprint density at radius 1 is 1.11 bits per heavy atom. The van der Waals surface area contributed by atoms with Crippen LogP contribution in [-0.4, -0.2) is 45.2 Å². The summed E-state index contributed by atoms with van der Waals surface area (Å²) in [6, 6.07) is 4.73. The van der Waals surface area contributed by atoms with Gasteiger partial charge >= 0.3 is 0 Å². The largest absolute Gasteiger partial charge is 0.390 e. The predicted octanol–water partition coefficient (Wildman–Crippen LogP) is 5.18. The highest BCUT2D eigenvalue weighted by Crippen LogP contribution is 2.68. The standard InChI is InChI=1S/C29H40FN3O3/c1-27(35)13-14-29(17-36-3)18(15-27)7-8-19-20-9-10-22(28(20,2)12-11-21(19)29)25(34)16-33-31-24-6-4-5-23(30)26(24)32-33/h4-6,18-22,35H,7-17H2,1-3H3. The summed E-state index contributed by atoms with van der Waals surface area (Å²) in [5, 5.41) is 19.5. The van der Waals surface area contributed by atoms with E-state index in [1.54, 1.807) is 12.1 Å². The zero-order chi connectivity index (χ0) is 25.3. The number of halogens is 1. The van der Waals surface area contributed by atoms with Gasteiger partial charge in [-0.05, 0) is 111 Å². The molecular formula is C29H40FN3O3. The third-order valence-electron chi connectivity index (χ3n) is 11.2. The van der Waals surface area contributed by atoms with Gasteiger partial charge in [-0.2, -0.15) is 9.90 Å². The lowest BCUT2D eigenvalue weighted by molar-refractivity contribution is -0.175. The Labute approximate surface area is 213 Å². The molecule has 1 aromatic heterocycles. The number of aromatic nitrogens is 3. The summed E-state index contributed by atoms with van der Waals surface area (Å²) in [5.74, 6) is 2.09. The lowest BCUT2D eigenvalue weighted by atomic mass is 9.43. The second-order valence-corrected chi connectivity index (χ2v) is 13.0. The van der Waals surface area contributed by atoms with Crippen molar-refractivity contribution < 1.29 is 19.0 Å². The topological polar surface area (TPSA) is 77.2 Å². The minimum absolute atomic E-state index is 0.00265. The smallest absolute Gasteiger partial charge is 0.159 e. The maximum absolute atomic E-state index is 14.1. The van der Waals surface area contributed by atoms with Crippen molar-refractivity contribution in [1.29, 1.82) is 0 Å². The van der Waals surface area contributed by atoms with Crippen LogP contribution in [0.2, 0.25) is 0 Å². The molecule has 1 N–H and O–H groups in total. The molecule has 6 nitrogen and oxygen atoms in total. The quantitative estimate of drug-likeness (QED) is 0.616. The zero-order valence-electron chi connectivity index (χ0n) is 21.9. The lowest BCUT2D eigenvalue weighted by Crippen LogP contribution is -2.58. The molecule has 2 aromatic rings. The summed E-state index contributed by atoms with van der Waals surface area (Å²) in [5.41, 5.74) is 0.319. The molecule has 4 fully saturated rings. The third kappa shape index (κ3) is 3.67. The number of hydrogen-bond donors (Lipinski definition) is 1. The number of nitrogens with zero attached hydrogens (tertiary/aromatic N) is 3. The van der Waals surface area contributed by atoms with E-state index in [4.69, 9.17) is 4.74 Å². The van der Waals surface area contributed by atoms with E-state index in [0.29, 0.717) is 29.2 Å². The molecule has 6 rings (SSSR count). The first-order valence-electron chi connectivity index (χ1n) is 13.9. The summed E-state index contributed by atoms with van der Waals surface area (Å²) in [6.45, 7) is 5.26. The van der Waals surface area contributed by atoms with Crippen LogP contribution in [0.3, 0.4) is 0 Å². The monoisotopic (exact) mass is 497 g/mol. The molecule has 0 spiro atoms. The molecule has 0 saturated heterocycles. The minimum atomic E-state index is -0.558. The fourth-order valence-electron chi connectivity index (χ4n) is 9.58. The van der Waals surface area contributed by atoms with E-state index in [1.165, 1.54) is 17.3 Å². The first-order valence-corrected chi connectivity index (χ1v) is 13.9. The Morgan fingerprint density at radius 2 is 1.94 bits per heavy atom. The van der Waals surface area contributed by atoms with Crippen molar-refractivity contribution in [3.63, 3.8) is 0 Å². The highest BCUT2D eigenvalue weighted by molar-refractivity contribution is 5.82. The molecule has 0 radical (unpaired) electrons. The highest BCUT2D eigenvalue weighted by atomic mass is 19.1. The van der Waals surface area contributed by atoms with Gasteiger partial charge in [0.15, 0.2) is 11.6 Å². The zero-order valence-corrected chi connectivity index (χ0v) is 21.9. The maximum Gasteiger partial charge on any atom is 0.159 e. The van der Waals surface area contributed by atoms with E-state index < -0.39 is 11.4 Å².